The van der Waals surface area contributed by atoms with Gasteiger partial charge in [0.2, 0.25) is 0 Å². The van der Waals surface area contributed by atoms with Crippen molar-refractivity contribution >= 4 is 37.5 Å². The minimum atomic E-state index is -2.05. The topological polar surface area (TPSA) is 61.5 Å². The zero-order valence-corrected chi connectivity index (χ0v) is 17.0. The van der Waals surface area contributed by atoms with Crippen LogP contribution >= 0.6 is 23.2 Å². The van der Waals surface area contributed by atoms with Gasteiger partial charge in [-0.1, -0.05) is 44.0 Å². The van der Waals surface area contributed by atoms with Crippen LogP contribution in [0.4, 0.5) is 0 Å². The van der Waals surface area contributed by atoms with E-state index < -0.39 is 20.3 Å². The van der Waals surface area contributed by atoms with Gasteiger partial charge in [-0.15, -0.1) is 0 Å². The lowest BCUT2D eigenvalue weighted by molar-refractivity contribution is -0.142. The van der Waals surface area contributed by atoms with Gasteiger partial charge in [-0.3, -0.25) is 4.79 Å². The van der Waals surface area contributed by atoms with Crippen LogP contribution in [0.1, 0.15) is 26.3 Å². The first kappa shape index (κ1) is 20.3. The SMILES string of the molecule is COC(=O)[C@H](N)Cc1cc(Cl)c(O[Si](C)(C)C(C)(C)C)c(Cl)c1. The molecule has 0 fully saturated rings. The monoisotopic (exact) mass is 377 g/mol. The lowest BCUT2D eigenvalue weighted by Crippen LogP contribution is -2.44. The number of halogens is 2. The quantitative estimate of drug-likeness (QED) is 0.609. The second-order valence-electron chi connectivity index (χ2n) is 7.08. The Kier molecular flexibility index (Phi) is 6.55. The van der Waals surface area contributed by atoms with Crippen LogP contribution in [0.2, 0.25) is 28.2 Å². The van der Waals surface area contributed by atoms with Gasteiger partial charge in [-0.2, -0.15) is 0 Å². The molecule has 2 N–H and O–H groups in total. The summed E-state index contributed by atoms with van der Waals surface area (Å²) < 4.78 is 10.8. The van der Waals surface area contributed by atoms with Crippen molar-refractivity contribution in [3.05, 3.63) is 27.7 Å². The summed E-state index contributed by atoms with van der Waals surface area (Å²) in [6, 6.07) is 2.72. The van der Waals surface area contributed by atoms with E-state index in [9.17, 15) is 4.79 Å². The van der Waals surface area contributed by atoms with Crippen LogP contribution < -0.4 is 10.2 Å². The molecule has 0 unspecified atom stereocenters. The molecule has 0 amide bonds. The molecule has 7 heteroatoms. The van der Waals surface area contributed by atoms with Crippen LogP contribution in [0, 0.1) is 0 Å². The highest BCUT2D eigenvalue weighted by atomic mass is 35.5. The van der Waals surface area contributed by atoms with Crippen molar-refractivity contribution in [3.8, 4) is 5.75 Å². The van der Waals surface area contributed by atoms with E-state index in [0.717, 1.165) is 5.56 Å². The molecule has 1 rings (SSSR count). The predicted octanol–water partition coefficient (Wildman–Crippen LogP) is 4.42. The molecule has 0 spiro atoms. The van der Waals surface area contributed by atoms with E-state index in [0.29, 0.717) is 22.2 Å². The van der Waals surface area contributed by atoms with E-state index in [-0.39, 0.29) is 5.04 Å². The number of nitrogens with two attached hydrogens (primary N) is 1. The molecule has 130 valence electrons. The number of carbonyl (C=O) groups excluding carboxylic acids is 1. The van der Waals surface area contributed by atoms with Crippen LogP contribution in [0.5, 0.6) is 5.75 Å². The maximum atomic E-state index is 11.4. The van der Waals surface area contributed by atoms with Crippen LogP contribution in [0.3, 0.4) is 0 Å². The molecule has 1 atom stereocenters. The third-order valence-electron chi connectivity index (χ3n) is 4.18. The highest BCUT2D eigenvalue weighted by Gasteiger charge is 2.39. The first-order chi connectivity index (χ1) is 10.4. The molecule has 4 nitrogen and oxygen atoms in total. The Morgan fingerprint density at radius 2 is 1.74 bits per heavy atom. The number of methoxy groups -OCH3 is 1. The fraction of sp³-hybridized carbons (Fsp3) is 0.562. The molecule has 0 bridgehead atoms. The van der Waals surface area contributed by atoms with Crippen LogP contribution in [-0.2, 0) is 16.0 Å². The predicted molar refractivity (Wildman–Crippen MR) is 98.0 cm³/mol. The highest BCUT2D eigenvalue weighted by Crippen LogP contribution is 2.42. The first-order valence-electron chi connectivity index (χ1n) is 7.39. The van der Waals surface area contributed by atoms with Gasteiger partial charge >= 0.3 is 5.97 Å². The molecule has 0 aliphatic carbocycles. The molecular weight excluding hydrogens is 353 g/mol. The summed E-state index contributed by atoms with van der Waals surface area (Å²) in [4.78, 5) is 11.4. The fourth-order valence-electron chi connectivity index (χ4n) is 1.72. The van der Waals surface area contributed by atoms with E-state index in [4.69, 9.17) is 33.4 Å². The molecule has 0 saturated heterocycles. The number of esters is 1. The molecule has 1 aromatic rings. The summed E-state index contributed by atoms with van der Waals surface area (Å²) in [6.45, 7) is 10.7. The largest absolute Gasteiger partial charge is 0.542 e. The zero-order chi connectivity index (χ0) is 18.0. The van der Waals surface area contributed by atoms with E-state index in [1.54, 1.807) is 12.1 Å². The number of hydrogen-bond donors (Lipinski definition) is 1. The van der Waals surface area contributed by atoms with Gasteiger partial charge in [-0.05, 0) is 42.2 Å². The highest BCUT2D eigenvalue weighted by molar-refractivity contribution is 6.75. The summed E-state index contributed by atoms with van der Waals surface area (Å²) in [7, 11) is -0.745. The standard InChI is InChI=1S/C16H25Cl2NO3Si/c1-16(2,3)23(5,6)22-14-11(17)7-10(8-12(14)18)9-13(19)15(20)21-4/h7-8,13H,9,19H2,1-6H3/t13-/m1/s1. The average molecular weight is 378 g/mol. The zero-order valence-electron chi connectivity index (χ0n) is 14.5. The maximum absolute atomic E-state index is 11.4. The maximum Gasteiger partial charge on any atom is 0.322 e. The Morgan fingerprint density at radius 1 is 1.26 bits per heavy atom. The van der Waals surface area contributed by atoms with Gasteiger partial charge in [0.15, 0.2) is 0 Å². The summed E-state index contributed by atoms with van der Waals surface area (Å²) in [5, 5.41) is 0.884. The molecule has 23 heavy (non-hydrogen) atoms. The van der Waals surface area contributed by atoms with Gasteiger partial charge in [0, 0.05) is 0 Å². The molecule has 0 saturated carbocycles. The van der Waals surface area contributed by atoms with Gasteiger partial charge < -0.3 is 14.9 Å². The van der Waals surface area contributed by atoms with E-state index >= 15 is 0 Å². The van der Waals surface area contributed by atoms with Crippen molar-refractivity contribution in [2.45, 2.75) is 51.4 Å². The number of rotatable bonds is 5. The van der Waals surface area contributed by atoms with Crippen LogP contribution in [0.15, 0.2) is 12.1 Å². The normalized spacial score (nSPS) is 13.6. The van der Waals surface area contributed by atoms with E-state index in [1.165, 1.54) is 7.11 Å². The van der Waals surface area contributed by atoms with Crippen molar-refractivity contribution in [2.24, 2.45) is 5.73 Å². The van der Waals surface area contributed by atoms with Gasteiger partial charge in [-0.25, -0.2) is 0 Å². The number of hydrogen-bond acceptors (Lipinski definition) is 4. The Morgan fingerprint density at radius 3 is 2.13 bits per heavy atom. The van der Waals surface area contributed by atoms with Crippen molar-refractivity contribution in [1.29, 1.82) is 0 Å². The van der Waals surface area contributed by atoms with Crippen molar-refractivity contribution in [3.63, 3.8) is 0 Å². The van der Waals surface area contributed by atoms with Gasteiger partial charge in [0.1, 0.15) is 11.8 Å². The summed E-state index contributed by atoms with van der Waals surface area (Å²) in [5.41, 5.74) is 6.54. The van der Waals surface area contributed by atoms with Crippen LogP contribution in [-0.4, -0.2) is 27.4 Å². The Hall–Kier alpha value is -0.753. The Bertz CT molecular complexity index is 562. The lowest BCUT2D eigenvalue weighted by atomic mass is 10.1. The minimum absolute atomic E-state index is 0.0333. The molecule has 1 aromatic carbocycles. The first-order valence-corrected chi connectivity index (χ1v) is 11.1. The van der Waals surface area contributed by atoms with E-state index in [2.05, 4.69) is 38.6 Å². The molecule has 0 aliphatic heterocycles. The molecule has 0 heterocycles. The fourth-order valence-corrected chi connectivity index (χ4v) is 3.50. The smallest absolute Gasteiger partial charge is 0.322 e. The second kappa shape index (κ2) is 7.43. The summed E-state index contributed by atoms with van der Waals surface area (Å²) in [5.74, 6) is 0.0224. The van der Waals surface area contributed by atoms with Crippen molar-refractivity contribution < 1.29 is 14.0 Å². The van der Waals surface area contributed by atoms with Crippen molar-refractivity contribution in [1.82, 2.24) is 0 Å². The molecular formula is C16H25Cl2NO3Si. The minimum Gasteiger partial charge on any atom is -0.542 e. The summed E-state index contributed by atoms with van der Waals surface area (Å²) in [6.07, 6.45) is 0.298. The third-order valence-corrected chi connectivity index (χ3v) is 9.07. The molecule has 0 aliphatic rings. The number of ether oxygens (including phenoxy) is 1. The lowest BCUT2D eigenvalue weighted by Gasteiger charge is -2.37. The third kappa shape index (κ3) is 5.11. The average Bonchev–Trinajstić information content (AvgIpc) is 2.40. The van der Waals surface area contributed by atoms with Crippen molar-refractivity contribution in [2.75, 3.05) is 7.11 Å². The second-order valence-corrected chi connectivity index (χ2v) is 12.6. The number of carbonyl (C=O) groups is 1. The number of benzene rings is 1. The molecule has 0 aromatic heterocycles. The van der Waals surface area contributed by atoms with Gasteiger partial charge in [0.05, 0.1) is 17.2 Å². The Labute approximate surface area is 149 Å². The molecule has 0 radical (unpaired) electrons. The van der Waals surface area contributed by atoms with Crippen LogP contribution in [0.25, 0.3) is 0 Å². The Balaban J connectivity index is 3.05. The van der Waals surface area contributed by atoms with E-state index in [1.807, 2.05) is 0 Å². The summed E-state index contributed by atoms with van der Waals surface area (Å²) >= 11 is 12.7. The van der Waals surface area contributed by atoms with Gasteiger partial charge in [0.25, 0.3) is 8.32 Å².